The van der Waals surface area contributed by atoms with Gasteiger partial charge in [0, 0.05) is 6.04 Å². The third kappa shape index (κ3) is 5.43. The lowest BCUT2D eigenvalue weighted by Crippen LogP contribution is -2.30. The Labute approximate surface area is 129 Å². The van der Waals surface area contributed by atoms with Crippen molar-refractivity contribution < 1.29 is 4.39 Å². The van der Waals surface area contributed by atoms with Gasteiger partial charge in [0.25, 0.3) is 0 Å². The van der Waals surface area contributed by atoms with Crippen molar-refractivity contribution in [1.82, 2.24) is 5.32 Å². The lowest BCUT2D eigenvalue weighted by atomic mass is 9.76. The van der Waals surface area contributed by atoms with Crippen molar-refractivity contribution in [2.24, 2.45) is 11.3 Å². The fourth-order valence-corrected chi connectivity index (χ4v) is 3.48. The molecule has 0 radical (unpaired) electrons. The van der Waals surface area contributed by atoms with E-state index in [1.165, 1.54) is 38.2 Å². The molecule has 1 fully saturated rings. The fraction of sp³-hybridized carbons (Fsp3) is 0.684. The van der Waals surface area contributed by atoms with Crippen LogP contribution in [-0.2, 0) is 6.42 Å². The molecule has 2 rings (SSSR count). The molecule has 1 N–H and O–H groups in total. The molecule has 0 amide bonds. The summed E-state index contributed by atoms with van der Waals surface area (Å²) in [6.45, 7) is 8.06. The summed E-state index contributed by atoms with van der Waals surface area (Å²) in [5, 5.41) is 3.68. The third-order valence-corrected chi connectivity index (χ3v) is 4.93. The predicted molar refractivity (Wildman–Crippen MR) is 87.9 cm³/mol. The van der Waals surface area contributed by atoms with Crippen molar-refractivity contribution in [2.45, 2.75) is 65.3 Å². The third-order valence-electron chi connectivity index (χ3n) is 4.93. The molecular formula is C19H30FN. The molecule has 0 heterocycles. The highest BCUT2D eigenvalue weighted by Crippen LogP contribution is 2.36. The van der Waals surface area contributed by atoms with E-state index in [2.05, 4.69) is 26.1 Å². The van der Waals surface area contributed by atoms with Gasteiger partial charge in [0.2, 0.25) is 0 Å². The van der Waals surface area contributed by atoms with Gasteiger partial charge in [-0.05, 0) is 67.7 Å². The molecule has 1 aliphatic rings. The van der Waals surface area contributed by atoms with Crippen molar-refractivity contribution in [2.75, 3.05) is 6.54 Å². The zero-order valence-corrected chi connectivity index (χ0v) is 13.8. The molecule has 1 aliphatic carbocycles. The van der Waals surface area contributed by atoms with Crippen molar-refractivity contribution >= 4 is 0 Å². The van der Waals surface area contributed by atoms with E-state index in [4.69, 9.17) is 0 Å². The molecule has 0 spiro atoms. The molecule has 118 valence electrons. The first-order valence-electron chi connectivity index (χ1n) is 8.43. The second-order valence-electron chi connectivity index (χ2n) is 7.60. The van der Waals surface area contributed by atoms with Gasteiger partial charge in [-0.15, -0.1) is 0 Å². The van der Waals surface area contributed by atoms with Crippen LogP contribution in [0.5, 0.6) is 0 Å². The highest BCUT2D eigenvalue weighted by Gasteiger charge is 2.27. The molecule has 2 unspecified atom stereocenters. The summed E-state index contributed by atoms with van der Waals surface area (Å²) in [4.78, 5) is 0. The maximum atomic E-state index is 13.1. The molecule has 0 saturated heterocycles. The average molecular weight is 291 g/mol. The van der Waals surface area contributed by atoms with E-state index in [-0.39, 0.29) is 5.82 Å². The van der Waals surface area contributed by atoms with E-state index in [9.17, 15) is 4.39 Å². The van der Waals surface area contributed by atoms with E-state index < -0.39 is 0 Å². The molecule has 2 atom stereocenters. The van der Waals surface area contributed by atoms with E-state index in [0.717, 1.165) is 24.4 Å². The molecule has 1 aromatic carbocycles. The lowest BCUT2D eigenvalue weighted by molar-refractivity contribution is 0.213. The molecular weight excluding hydrogens is 261 g/mol. The van der Waals surface area contributed by atoms with Gasteiger partial charge in [0.1, 0.15) is 5.82 Å². The molecule has 1 saturated carbocycles. The second-order valence-corrected chi connectivity index (χ2v) is 7.60. The zero-order valence-electron chi connectivity index (χ0n) is 13.8. The highest BCUT2D eigenvalue weighted by atomic mass is 19.1. The molecule has 0 aromatic heterocycles. The quantitative estimate of drug-likeness (QED) is 0.774. The Balaban J connectivity index is 1.74. The van der Waals surface area contributed by atoms with Gasteiger partial charge in [0.05, 0.1) is 0 Å². The summed E-state index contributed by atoms with van der Waals surface area (Å²) in [5.74, 6) is 0.725. The molecule has 2 heteroatoms. The van der Waals surface area contributed by atoms with Gasteiger partial charge < -0.3 is 5.32 Å². The molecule has 0 bridgehead atoms. The van der Waals surface area contributed by atoms with Crippen LogP contribution in [0.3, 0.4) is 0 Å². The van der Waals surface area contributed by atoms with Crippen molar-refractivity contribution in [3.05, 3.63) is 35.6 Å². The number of benzene rings is 1. The minimum absolute atomic E-state index is 0.130. The van der Waals surface area contributed by atoms with Crippen LogP contribution >= 0.6 is 0 Å². The highest BCUT2D eigenvalue weighted by molar-refractivity contribution is 5.16. The summed E-state index contributed by atoms with van der Waals surface area (Å²) in [6.07, 6.45) is 7.52. The Hall–Kier alpha value is -0.890. The maximum absolute atomic E-state index is 13.1. The minimum atomic E-state index is -0.130. The average Bonchev–Trinajstić information content (AvgIpc) is 2.64. The van der Waals surface area contributed by atoms with Crippen LogP contribution in [0.4, 0.5) is 4.39 Å². The largest absolute Gasteiger partial charge is 0.314 e. The normalized spacial score (nSPS) is 23.8. The van der Waals surface area contributed by atoms with Crippen LogP contribution in [0, 0.1) is 17.2 Å². The van der Waals surface area contributed by atoms with Gasteiger partial charge in [-0.25, -0.2) is 4.39 Å². The van der Waals surface area contributed by atoms with E-state index in [0.29, 0.717) is 11.5 Å². The van der Waals surface area contributed by atoms with Gasteiger partial charge in [-0.2, -0.15) is 0 Å². The van der Waals surface area contributed by atoms with Crippen molar-refractivity contribution in [1.29, 1.82) is 0 Å². The van der Waals surface area contributed by atoms with Gasteiger partial charge in [0.15, 0.2) is 0 Å². The summed E-state index contributed by atoms with van der Waals surface area (Å²) in [6, 6.07) is 7.60. The van der Waals surface area contributed by atoms with Crippen LogP contribution in [0.25, 0.3) is 0 Å². The Bertz CT molecular complexity index is 435. The van der Waals surface area contributed by atoms with Crippen molar-refractivity contribution in [3.63, 3.8) is 0 Å². The standard InChI is InChI=1S/C19H30FN/c1-19(2,3)16-7-5-9-18(11-10-16)21-13-12-15-6-4-8-17(20)14-15/h4,6,8,14,16,18,21H,5,7,9-13H2,1-3H3. The number of rotatable bonds is 4. The molecule has 1 aromatic rings. The number of nitrogens with one attached hydrogen (secondary N) is 1. The Kier molecular flexibility index (Phi) is 5.80. The van der Waals surface area contributed by atoms with Crippen LogP contribution in [0.1, 0.15) is 58.4 Å². The van der Waals surface area contributed by atoms with Crippen LogP contribution in [-0.4, -0.2) is 12.6 Å². The Morgan fingerprint density at radius 1 is 1.14 bits per heavy atom. The van der Waals surface area contributed by atoms with Crippen LogP contribution in [0.15, 0.2) is 24.3 Å². The summed E-state index contributed by atoms with van der Waals surface area (Å²) >= 11 is 0. The molecule has 1 nitrogen and oxygen atoms in total. The predicted octanol–water partition coefficient (Wildman–Crippen LogP) is 4.95. The fourth-order valence-electron chi connectivity index (χ4n) is 3.48. The van der Waals surface area contributed by atoms with E-state index in [1.54, 1.807) is 12.1 Å². The first-order chi connectivity index (χ1) is 9.95. The van der Waals surface area contributed by atoms with E-state index >= 15 is 0 Å². The maximum Gasteiger partial charge on any atom is 0.123 e. The molecule has 0 aliphatic heterocycles. The molecule has 21 heavy (non-hydrogen) atoms. The van der Waals surface area contributed by atoms with Crippen molar-refractivity contribution in [3.8, 4) is 0 Å². The van der Waals surface area contributed by atoms with Crippen LogP contribution < -0.4 is 5.32 Å². The van der Waals surface area contributed by atoms with Crippen LogP contribution in [0.2, 0.25) is 0 Å². The number of hydrogen-bond acceptors (Lipinski definition) is 1. The van der Waals surface area contributed by atoms with E-state index in [1.807, 2.05) is 6.07 Å². The smallest absolute Gasteiger partial charge is 0.123 e. The Morgan fingerprint density at radius 2 is 1.95 bits per heavy atom. The summed E-state index contributed by atoms with van der Waals surface area (Å²) in [7, 11) is 0. The Morgan fingerprint density at radius 3 is 2.67 bits per heavy atom. The number of halogens is 1. The van der Waals surface area contributed by atoms with Gasteiger partial charge in [-0.1, -0.05) is 39.3 Å². The lowest BCUT2D eigenvalue weighted by Gasteiger charge is -2.29. The minimum Gasteiger partial charge on any atom is -0.314 e. The first-order valence-corrected chi connectivity index (χ1v) is 8.43. The first kappa shape index (κ1) is 16.5. The van der Waals surface area contributed by atoms with Gasteiger partial charge in [-0.3, -0.25) is 0 Å². The monoisotopic (exact) mass is 291 g/mol. The number of hydrogen-bond donors (Lipinski definition) is 1. The second kappa shape index (κ2) is 7.40. The topological polar surface area (TPSA) is 12.0 Å². The summed E-state index contributed by atoms with van der Waals surface area (Å²) in [5.41, 5.74) is 1.53. The van der Waals surface area contributed by atoms with Gasteiger partial charge >= 0.3 is 0 Å². The SMILES string of the molecule is CC(C)(C)C1CCCC(NCCc2cccc(F)c2)CC1. The summed E-state index contributed by atoms with van der Waals surface area (Å²) < 4.78 is 13.1. The zero-order chi connectivity index (χ0) is 15.3.